The lowest BCUT2D eigenvalue weighted by Crippen LogP contribution is -2.26. The molecule has 0 fully saturated rings. The van der Waals surface area contributed by atoms with Crippen LogP contribution in [0.3, 0.4) is 0 Å². The van der Waals surface area contributed by atoms with Crippen LogP contribution in [0.25, 0.3) is 0 Å². The van der Waals surface area contributed by atoms with Gasteiger partial charge in [-0.25, -0.2) is 8.42 Å². The molecule has 90 valence electrons. The molecule has 5 nitrogen and oxygen atoms in total. The van der Waals surface area contributed by atoms with Crippen LogP contribution in [0, 0.1) is 0 Å². The Balaban J connectivity index is 2.93. The minimum absolute atomic E-state index is 0.280. The molecule has 1 heterocycles. The number of nitrogens with zero attached hydrogens (tertiary/aromatic N) is 1. The molecule has 16 heavy (non-hydrogen) atoms. The van der Waals surface area contributed by atoms with Gasteiger partial charge in [0.2, 0.25) is 10.0 Å². The number of aromatic nitrogens is 1. The van der Waals surface area contributed by atoms with E-state index in [4.69, 9.17) is 0 Å². The van der Waals surface area contributed by atoms with Gasteiger partial charge in [-0.15, -0.1) is 6.58 Å². The van der Waals surface area contributed by atoms with E-state index in [1.54, 1.807) is 19.2 Å². The van der Waals surface area contributed by atoms with E-state index in [9.17, 15) is 8.42 Å². The first-order valence-corrected chi connectivity index (χ1v) is 6.35. The van der Waals surface area contributed by atoms with E-state index in [1.807, 2.05) is 0 Å². The highest BCUT2D eigenvalue weighted by molar-refractivity contribution is 7.89. The van der Waals surface area contributed by atoms with Crippen molar-refractivity contribution in [2.45, 2.75) is 11.4 Å². The fourth-order valence-corrected chi connectivity index (χ4v) is 2.48. The summed E-state index contributed by atoms with van der Waals surface area (Å²) >= 11 is 0. The summed E-state index contributed by atoms with van der Waals surface area (Å²) < 4.78 is 25.2. The van der Waals surface area contributed by atoms with Crippen molar-refractivity contribution >= 4 is 10.0 Å². The number of aromatic amines is 1. The van der Waals surface area contributed by atoms with Crippen LogP contribution in [0.5, 0.6) is 0 Å². The maximum absolute atomic E-state index is 12.0. The van der Waals surface area contributed by atoms with Crippen molar-refractivity contribution in [3.05, 3.63) is 30.6 Å². The van der Waals surface area contributed by atoms with E-state index in [0.717, 1.165) is 5.69 Å². The molecule has 0 saturated heterocycles. The summed E-state index contributed by atoms with van der Waals surface area (Å²) in [5, 5.41) is 2.95. The lowest BCUT2D eigenvalue weighted by Gasteiger charge is -2.13. The number of H-pyrrole nitrogens is 1. The highest BCUT2D eigenvalue weighted by Crippen LogP contribution is 2.15. The number of sulfonamides is 1. The topological polar surface area (TPSA) is 65.2 Å². The zero-order valence-corrected chi connectivity index (χ0v) is 10.3. The Labute approximate surface area is 96.2 Å². The average Bonchev–Trinajstić information content (AvgIpc) is 2.68. The van der Waals surface area contributed by atoms with Crippen molar-refractivity contribution in [3.63, 3.8) is 0 Å². The Morgan fingerprint density at radius 3 is 2.88 bits per heavy atom. The van der Waals surface area contributed by atoms with Crippen LogP contribution in [0.15, 0.2) is 29.8 Å². The van der Waals surface area contributed by atoms with Crippen molar-refractivity contribution in [1.82, 2.24) is 14.6 Å². The lowest BCUT2D eigenvalue weighted by atomic mass is 10.4. The zero-order valence-electron chi connectivity index (χ0n) is 9.53. The first kappa shape index (κ1) is 13.0. The number of rotatable bonds is 6. The SMILES string of the molecule is C=CCN(C)S(=O)(=O)c1c[nH]c(CNC)c1. The predicted molar refractivity (Wildman–Crippen MR) is 63.6 cm³/mol. The maximum Gasteiger partial charge on any atom is 0.244 e. The van der Waals surface area contributed by atoms with E-state index in [2.05, 4.69) is 16.9 Å². The van der Waals surface area contributed by atoms with E-state index in [1.165, 1.54) is 17.5 Å². The normalized spacial score (nSPS) is 11.9. The Morgan fingerprint density at radius 1 is 1.62 bits per heavy atom. The van der Waals surface area contributed by atoms with Crippen LogP contribution in [-0.2, 0) is 16.6 Å². The molecule has 0 unspecified atom stereocenters. The largest absolute Gasteiger partial charge is 0.363 e. The molecule has 0 aliphatic heterocycles. The molecule has 6 heteroatoms. The summed E-state index contributed by atoms with van der Waals surface area (Å²) in [6.07, 6.45) is 3.06. The van der Waals surface area contributed by atoms with E-state index >= 15 is 0 Å². The highest BCUT2D eigenvalue weighted by Gasteiger charge is 2.20. The fourth-order valence-electron chi connectivity index (χ4n) is 1.32. The Kier molecular flexibility index (Phi) is 4.28. The van der Waals surface area contributed by atoms with Gasteiger partial charge in [0.1, 0.15) is 0 Å². The third kappa shape index (κ3) is 2.72. The minimum Gasteiger partial charge on any atom is -0.363 e. The number of likely N-dealkylation sites (N-methyl/N-ethyl adjacent to an activating group) is 1. The Hall–Kier alpha value is -1.11. The molecule has 0 bridgehead atoms. The van der Waals surface area contributed by atoms with Crippen LogP contribution in [-0.4, -0.2) is 38.3 Å². The second kappa shape index (κ2) is 5.29. The third-order valence-electron chi connectivity index (χ3n) is 2.18. The summed E-state index contributed by atoms with van der Waals surface area (Å²) in [5.41, 5.74) is 0.841. The molecule has 2 N–H and O–H groups in total. The van der Waals surface area contributed by atoms with Crippen molar-refractivity contribution in [2.24, 2.45) is 0 Å². The summed E-state index contributed by atoms with van der Waals surface area (Å²) in [4.78, 5) is 3.20. The van der Waals surface area contributed by atoms with Crippen LogP contribution in [0.1, 0.15) is 5.69 Å². The first-order chi connectivity index (χ1) is 7.52. The summed E-state index contributed by atoms with van der Waals surface area (Å²) in [5.74, 6) is 0. The molecule has 1 rings (SSSR count). The molecule has 0 aliphatic carbocycles. The monoisotopic (exact) mass is 243 g/mol. The van der Waals surface area contributed by atoms with E-state index < -0.39 is 10.0 Å². The molecular weight excluding hydrogens is 226 g/mol. The van der Waals surface area contributed by atoms with Gasteiger partial charge in [0.15, 0.2) is 0 Å². The minimum atomic E-state index is -3.40. The zero-order chi connectivity index (χ0) is 12.2. The van der Waals surface area contributed by atoms with Gasteiger partial charge in [0.05, 0.1) is 4.90 Å². The van der Waals surface area contributed by atoms with Crippen LogP contribution >= 0.6 is 0 Å². The van der Waals surface area contributed by atoms with Crippen molar-refractivity contribution < 1.29 is 8.42 Å². The number of hydrogen-bond donors (Lipinski definition) is 2. The smallest absolute Gasteiger partial charge is 0.244 e. The predicted octanol–water partition coefficient (Wildman–Crippen LogP) is 0.541. The van der Waals surface area contributed by atoms with Crippen molar-refractivity contribution in [3.8, 4) is 0 Å². The number of hydrogen-bond acceptors (Lipinski definition) is 3. The lowest BCUT2D eigenvalue weighted by molar-refractivity contribution is 0.499. The van der Waals surface area contributed by atoms with Crippen LogP contribution in [0.2, 0.25) is 0 Å². The molecule has 1 aromatic rings. The first-order valence-electron chi connectivity index (χ1n) is 4.91. The fraction of sp³-hybridized carbons (Fsp3) is 0.400. The van der Waals surface area contributed by atoms with Gasteiger partial charge in [-0.3, -0.25) is 0 Å². The quantitative estimate of drug-likeness (QED) is 0.717. The molecule has 0 radical (unpaired) electrons. The van der Waals surface area contributed by atoms with E-state index in [-0.39, 0.29) is 4.90 Å². The number of nitrogens with one attached hydrogen (secondary N) is 2. The molecule has 0 aliphatic rings. The van der Waals surface area contributed by atoms with Gasteiger partial charge in [-0.05, 0) is 13.1 Å². The molecule has 0 spiro atoms. The van der Waals surface area contributed by atoms with Gasteiger partial charge in [-0.1, -0.05) is 6.08 Å². The second-order valence-electron chi connectivity index (χ2n) is 3.47. The molecule has 0 aromatic carbocycles. The molecule has 0 amide bonds. The van der Waals surface area contributed by atoms with Gasteiger partial charge < -0.3 is 10.3 Å². The van der Waals surface area contributed by atoms with Crippen molar-refractivity contribution in [2.75, 3.05) is 20.6 Å². The average molecular weight is 243 g/mol. The second-order valence-corrected chi connectivity index (χ2v) is 5.51. The summed E-state index contributed by atoms with van der Waals surface area (Å²) in [7, 11) is -0.0616. The Morgan fingerprint density at radius 2 is 2.31 bits per heavy atom. The van der Waals surface area contributed by atoms with Crippen molar-refractivity contribution in [1.29, 1.82) is 0 Å². The third-order valence-corrected chi connectivity index (χ3v) is 3.98. The Bertz CT molecular complexity index is 450. The van der Waals surface area contributed by atoms with Gasteiger partial charge in [0, 0.05) is 32.0 Å². The highest BCUT2D eigenvalue weighted by atomic mass is 32.2. The maximum atomic E-state index is 12.0. The van der Waals surface area contributed by atoms with E-state index in [0.29, 0.717) is 13.1 Å². The van der Waals surface area contributed by atoms with Gasteiger partial charge >= 0.3 is 0 Å². The summed E-state index contributed by atoms with van der Waals surface area (Å²) in [6, 6.07) is 1.63. The molecular formula is C10H17N3O2S. The summed E-state index contributed by atoms with van der Waals surface area (Å²) in [6.45, 7) is 4.43. The van der Waals surface area contributed by atoms with Crippen LogP contribution in [0.4, 0.5) is 0 Å². The van der Waals surface area contributed by atoms with Gasteiger partial charge in [0.25, 0.3) is 0 Å². The van der Waals surface area contributed by atoms with Gasteiger partial charge in [-0.2, -0.15) is 4.31 Å². The molecule has 0 saturated carbocycles. The molecule has 1 aromatic heterocycles. The molecule has 0 atom stereocenters. The standard InChI is InChI=1S/C10H17N3O2S/c1-4-5-13(3)16(14,15)10-6-9(7-11-2)12-8-10/h4,6,8,11-12H,1,5,7H2,2-3H3. The van der Waals surface area contributed by atoms with Crippen LogP contribution < -0.4 is 5.32 Å².